The summed E-state index contributed by atoms with van der Waals surface area (Å²) in [6.45, 7) is 11.1. The molecule has 0 N–H and O–H groups in total. The maximum atomic E-state index is 6.61. The van der Waals surface area contributed by atoms with E-state index in [-0.39, 0.29) is 0 Å². The summed E-state index contributed by atoms with van der Waals surface area (Å²) in [4.78, 5) is 4.70. The van der Waals surface area contributed by atoms with Gasteiger partial charge in [0.05, 0.1) is 29.5 Å². The van der Waals surface area contributed by atoms with E-state index in [9.17, 15) is 0 Å². The van der Waals surface area contributed by atoms with Crippen LogP contribution in [0.5, 0.6) is 17.2 Å². The van der Waals surface area contributed by atoms with Gasteiger partial charge >= 0.3 is 0 Å². The number of hydrogen-bond acceptors (Lipinski definition) is 4. The standard InChI is InChI=1S/C40H42N4O2/c1-7-28-12-11-13-29(8-2)40(28)39-26(4)42-44(27(39)5)30-20-25(3)21-33(22-30)46-32-16-17-35-34-14-9-10-15-36(34)43(37(35)23-32)38-24-31(45-6)18-19-41-38/h9-10,12,14-24,29,40H,7-8,11,13H2,1-6H3/t29-,40+/m0/s1. The van der Waals surface area contributed by atoms with Crippen molar-refractivity contribution in [1.29, 1.82) is 0 Å². The second kappa shape index (κ2) is 12.2. The van der Waals surface area contributed by atoms with Crippen LogP contribution in [-0.2, 0) is 0 Å². The second-order valence-electron chi connectivity index (χ2n) is 12.5. The van der Waals surface area contributed by atoms with E-state index in [0.29, 0.717) is 11.8 Å². The highest BCUT2D eigenvalue weighted by Gasteiger charge is 2.32. The number of benzene rings is 3. The molecule has 0 amide bonds. The van der Waals surface area contributed by atoms with Crippen LogP contribution in [-0.4, -0.2) is 26.4 Å². The lowest BCUT2D eigenvalue weighted by molar-refractivity contribution is 0.393. The van der Waals surface area contributed by atoms with Gasteiger partial charge < -0.3 is 9.47 Å². The lowest BCUT2D eigenvalue weighted by Crippen LogP contribution is -2.19. The molecule has 0 unspecified atom stereocenters. The van der Waals surface area contributed by atoms with Gasteiger partial charge in [-0.3, -0.25) is 4.57 Å². The fraction of sp³-hybridized carbons (Fsp3) is 0.300. The van der Waals surface area contributed by atoms with E-state index in [1.807, 2.05) is 18.2 Å². The zero-order chi connectivity index (χ0) is 31.9. The average Bonchev–Trinajstić information content (AvgIpc) is 3.56. The molecule has 0 bridgehead atoms. The summed E-state index contributed by atoms with van der Waals surface area (Å²) in [5, 5.41) is 7.42. The number of fused-ring (bicyclic) bond motifs is 3. The molecule has 0 spiro atoms. The molecule has 0 fully saturated rings. The predicted octanol–water partition coefficient (Wildman–Crippen LogP) is 10.3. The fourth-order valence-electron chi connectivity index (χ4n) is 7.62. The molecular weight excluding hydrogens is 568 g/mol. The summed E-state index contributed by atoms with van der Waals surface area (Å²) in [5.41, 5.74) is 9.54. The summed E-state index contributed by atoms with van der Waals surface area (Å²) in [7, 11) is 1.68. The molecule has 2 atom stereocenters. The number of aryl methyl sites for hydroxylation is 2. The molecule has 6 heteroatoms. The Bertz CT molecular complexity index is 2100. The lowest BCUT2D eigenvalue weighted by atomic mass is 9.72. The molecule has 7 rings (SSSR count). The first kappa shape index (κ1) is 29.8. The largest absolute Gasteiger partial charge is 0.497 e. The summed E-state index contributed by atoms with van der Waals surface area (Å²) < 4.78 is 16.4. The summed E-state index contributed by atoms with van der Waals surface area (Å²) >= 11 is 0. The van der Waals surface area contributed by atoms with Crippen molar-refractivity contribution < 1.29 is 9.47 Å². The van der Waals surface area contributed by atoms with Crippen LogP contribution in [0.3, 0.4) is 0 Å². The van der Waals surface area contributed by atoms with Crippen LogP contribution < -0.4 is 9.47 Å². The van der Waals surface area contributed by atoms with Gasteiger partial charge in [0.25, 0.3) is 0 Å². The van der Waals surface area contributed by atoms with Gasteiger partial charge in [-0.2, -0.15) is 5.10 Å². The zero-order valence-corrected chi connectivity index (χ0v) is 27.7. The van der Waals surface area contributed by atoms with Crippen molar-refractivity contribution in [3.63, 3.8) is 0 Å². The van der Waals surface area contributed by atoms with Gasteiger partial charge in [-0.25, -0.2) is 9.67 Å². The smallest absolute Gasteiger partial charge is 0.141 e. The van der Waals surface area contributed by atoms with Crippen LogP contribution in [0.4, 0.5) is 0 Å². The topological polar surface area (TPSA) is 54.1 Å². The predicted molar refractivity (Wildman–Crippen MR) is 187 cm³/mol. The van der Waals surface area contributed by atoms with Crippen LogP contribution in [0, 0.1) is 26.7 Å². The molecule has 0 aliphatic heterocycles. The third-order valence-corrected chi connectivity index (χ3v) is 9.75. The number of hydrogen-bond donors (Lipinski definition) is 0. The number of pyridine rings is 1. The molecule has 3 aromatic heterocycles. The third-order valence-electron chi connectivity index (χ3n) is 9.75. The summed E-state index contributed by atoms with van der Waals surface area (Å²) in [6.07, 6.45) is 8.96. The first-order valence-electron chi connectivity index (χ1n) is 16.5. The number of allylic oxidation sites excluding steroid dienone is 2. The van der Waals surface area contributed by atoms with Crippen molar-refractivity contribution >= 4 is 21.8 Å². The van der Waals surface area contributed by atoms with Crippen LogP contribution >= 0.6 is 0 Å². The van der Waals surface area contributed by atoms with Gasteiger partial charge in [-0.05, 0) is 87.9 Å². The Morgan fingerprint density at radius 3 is 2.48 bits per heavy atom. The Balaban J connectivity index is 1.28. The molecule has 1 aliphatic rings. The molecule has 0 saturated heterocycles. The molecule has 1 aliphatic carbocycles. The van der Waals surface area contributed by atoms with Gasteiger partial charge in [0.15, 0.2) is 0 Å². The average molecular weight is 611 g/mol. The van der Waals surface area contributed by atoms with E-state index in [0.717, 1.165) is 68.2 Å². The SMILES string of the molecule is CCC1=CCC[C@H](CC)[C@@H]1c1c(C)nn(-c2cc(C)cc(Oc3ccc4c5ccccc5n(-c5cc(OC)ccn5)c4c3)c2)c1C. The maximum Gasteiger partial charge on any atom is 0.141 e. The van der Waals surface area contributed by atoms with Gasteiger partial charge in [0.2, 0.25) is 0 Å². The van der Waals surface area contributed by atoms with Crippen molar-refractivity contribution in [3.05, 3.63) is 113 Å². The van der Waals surface area contributed by atoms with Gasteiger partial charge in [-0.1, -0.05) is 50.1 Å². The van der Waals surface area contributed by atoms with E-state index in [4.69, 9.17) is 19.6 Å². The minimum Gasteiger partial charge on any atom is -0.497 e. The molecule has 3 aromatic carbocycles. The fourth-order valence-corrected chi connectivity index (χ4v) is 7.62. The Hall–Kier alpha value is -4.84. The van der Waals surface area contributed by atoms with Gasteiger partial charge in [0, 0.05) is 52.3 Å². The van der Waals surface area contributed by atoms with E-state index in [2.05, 4.69) is 105 Å². The molecule has 46 heavy (non-hydrogen) atoms. The van der Waals surface area contributed by atoms with Crippen molar-refractivity contribution in [2.75, 3.05) is 7.11 Å². The van der Waals surface area contributed by atoms with Gasteiger partial charge in [0.1, 0.15) is 23.1 Å². The number of nitrogens with zero attached hydrogens (tertiary/aromatic N) is 4. The van der Waals surface area contributed by atoms with E-state index >= 15 is 0 Å². The zero-order valence-electron chi connectivity index (χ0n) is 27.7. The van der Waals surface area contributed by atoms with Crippen LogP contribution in [0.2, 0.25) is 0 Å². The van der Waals surface area contributed by atoms with Crippen LogP contribution in [0.25, 0.3) is 33.3 Å². The molecule has 234 valence electrons. The first-order valence-corrected chi connectivity index (χ1v) is 16.5. The molecule has 0 saturated carbocycles. The van der Waals surface area contributed by atoms with Crippen molar-refractivity contribution in [1.82, 2.24) is 19.3 Å². The van der Waals surface area contributed by atoms with Crippen LogP contribution in [0.1, 0.15) is 68.0 Å². The quantitative estimate of drug-likeness (QED) is 0.161. The number of para-hydroxylation sites is 1. The molecule has 6 aromatic rings. The highest BCUT2D eigenvalue weighted by molar-refractivity contribution is 6.09. The number of aromatic nitrogens is 4. The number of ether oxygens (including phenoxy) is 2. The Morgan fingerprint density at radius 1 is 0.848 bits per heavy atom. The lowest BCUT2D eigenvalue weighted by Gasteiger charge is -2.32. The second-order valence-corrected chi connectivity index (χ2v) is 12.5. The van der Waals surface area contributed by atoms with Crippen molar-refractivity contribution in [2.24, 2.45) is 5.92 Å². The normalized spacial score (nSPS) is 16.6. The number of methoxy groups -OCH3 is 1. The highest BCUT2D eigenvalue weighted by atomic mass is 16.5. The minimum absolute atomic E-state index is 0.440. The maximum absolute atomic E-state index is 6.61. The first-order chi connectivity index (χ1) is 22.4. The summed E-state index contributed by atoms with van der Waals surface area (Å²) in [5.74, 6) is 4.20. The van der Waals surface area contributed by atoms with E-state index in [1.165, 1.54) is 30.5 Å². The molecule has 0 radical (unpaired) electrons. The van der Waals surface area contributed by atoms with Gasteiger partial charge in [-0.15, -0.1) is 0 Å². The van der Waals surface area contributed by atoms with Crippen molar-refractivity contribution in [3.8, 4) is 28.8 Å². The summed E-state index contributed by atoms with van der Waals surface area (Å²) in [6, 6.07) is 24.9. The molecular formula is C40H42N4O2. The van der Waals surface area contributed by atoms with Crippen molar-refractivity contribution in [2.45, 2.75) is 66.2 Å². The van der Waals surface area contributed by atoms with E-state index in [1.54, 1.807) is 18.9 Å². The Kier molecular flexibility index (Phi) is 7.89. The Morgan fingerprint density at radius 2 is 1.67 bits per heavy atom. The molecule has 3 heterocycles. The third kappa shape index (κ3) is 5.16. The number of rotatable bonds is 8. The van der Waals surface area contributed by atoms with E-state index < -0.39 is 0 Å². The Labute approximate surface area is 271 Å². The van der Waals surface area contributed by atoms with Crippen LogP contribution in [0.15, 0.2) is 90.6 Å². The molecule has 6 nitrogen and oxygen atoms in total. The highest BCUT2D eigenvalue weighted by Crippen LogP contribution is 2.44. The monoisotopic (exact) mass is 610 g/mol. The minimum atomic E-state index is 0.440.